The third-order valence-corrected chi connectivity index (χ3v) is 4.87. The molecule has 0 saturated carbocycles. The van der Waals surface area contributed by atoms with Gasteiger partial charge in [0.2, 0.25) is 5.82 Å². The van der Waals surface area contributed by atoms with Crippen LogP contribution < -0.4 is 4.90 Å². The lowest BCUT2D eigenvalue weighted by Crippen LogP contribution is -3.11. The summed E-state index contributed by atoms with van der Waals surface area (Å²) in [5.74, 6) is 0.815. The van der Waals surface area contributed by atoms with Gasteiger partial charge in [-0.2, -0.15) is 5.26 Å². The lowest BCUT2D eigenvalue weighted by atomic mass is 10.00. The van der Waals surface area contributed by atoms with Crippen LogP contribution in [0.3, 0.4) is 0 Å². The number of nitrogens with zero attached hydrogens (tertiary/aromatic N) is 5. The van der Waals surface area contributed by atoms with Crippen LogP contribution in [0.25, 0.3) is 0 Å². The lowest BCUT2D eigenvalue weighted by molar-refractivity contribution is -0.938. The summed E-state index contributed by atoms with van der Waals surface area (Å²) < 4.78 is 1.90. The Kier molecular flexibility index (Phi) is 5.86. The highest BCUT2D eigenvalue weighted by molar-refractivity contribution is 5.35. The topological polar surface area (TPSA) is 71.8 Å². The number of hydrogen-bond donors (Lipinski definition) is 1. The van der Waals surface area contributed by atoms with Crippen molar-refractivity contribution in [2.45, 2.75) is 45.8 Å². The van der Waals surface area contributed by atoms with E-state index in [2.05, 4.69) is 79.6 Å². The Labute approximate surface area is 166 Å². The van der Waals surface area contributed by atoms with Crippen molar-refractivity contribution in [1.29, 1.82) is 5.26 Å². The number of nitrogens with one attached hydrogen (secondary N) is 1. The standard InChI is InChI=1S/C22H26N6/c1-5-27(16-17-10-7-6-8-11-17)20(19-13-9-12-18(14-19)15-23)21-24-25-26-28(21)22(2,3)4/h6-14,20H,5,16H2,1-4H3/p+1/t20-/m0/s1. The molecule has 2 aromatic carbocycles. The number of nitriles is 1. The second-order valence-electron chi connectivity index (χ2n) is 7.96. The molecule has 2 atom stereocenters. The summed E-state index contributed by atoms with van der Waals surface area (Å²) in [6, 6.07) is 20.4. The van der Waals surface area contributed by atoms with E-state index in [1.165, 1.54) is 10.5 Å². The first kappa shape index (κ1) is 19.7. The fraction of sp³-hybridized carbons (Fsp3) is 0.364. The Morgan fingerprint density at radius 3 is 2.50 bits per heavy atom. The maximum Gasteiger partial charge on any atom is 0.214 e. The van der Waals surface area contributed by atoms with Gasteiger partial charge in [0.1, 0.15) is 6.54 Å². The number of quaternary nitrogens is 1. The Hall–Kier alpha value is -3.04. The monoisotopic (exact) mass is 375 g/mol. The third kappa shape index (κ3) is 4.26. The normalized spacial score (nSPS) is 13.7. The minimum Gasteiger partial charge on any atom is -0.319 e. The van der Waals surface area contributed by atoms with Crippen LogP contribution in [0, 0.1) is 11.3 Å². The van der Waals surface area contributed by atoms with Gasteiger partial charge in [0.15, 0.2) is 6.04 Å². The van der Waals surface area contributed by atoms with E-state index < -0.39 is 0 Å². The van der Waals surface area contributed by atoms with Crippen LogP contribution in [-0.4, -0.2) is 26.8 Å². The molecule has 1 aromatic heterocycles. The van der Waals surface area contributed by atoms with E-state index in [0.717, 1.165) is 24.5 Å². The largest absolute Gasteiger partial charge is 0.319 e. The molecule has 0 aliphatic heterocycles. The first-order chi connectivity index (χ1) is 13.4. The summed E-state index contributed by atoms with van der Waals surface area (Å²) >= 11 is 0. The number of rotatable bonds is 6. The van der Waals surface area contributed by atoms with Gasteiger partial charge in [-0.1, -0.05) is 42.5 Å². The molecule has 1 heterocycles. The predicted molar refractivity (Wildman–Crippen MR) is 107 cm³/mol. The van der Waals surface area contributed by atoms with Gasteiger partial charge in [-0.25, -0.2) is 4.68 Å². The smallest absolute Gasteiger partial charge is 0.214 e. The molecular weight excluding hydrogens is 348 g/mol. The minimum atomic E-state index is -0.241. The van der Waals surface area contributed by atoms with Gasteiger partial charge in [0.05, 0.1) is 23.7 Å². The molecule has 0 aliphatic carbocycles. The molecule has 0 fully saturated rings. The summed E-state index contributed by atoms with van der Waals surface area (Å²) in [7, 11) is 0. The molecular formula is C22H27N6+. The Morgan fingerprint density at radius 1 is 1.11 bits per heavy atom. The molecule has 6 nitrogen and oxygen atoms in total. The second kappa shape index (κ2) is 8.32. The van der Waals surface area contributed by atoms with Crippen molar-refractivity contribution < 1.29 is 4.90 Å². The zero-order valence-corrected chi connectivity index (χ0v) is 16.9. The summed E-state index contributed by atoms with van der Waals surface area (Å²) in [4.78, 5) is 1.32. The van der Waals surface area contributed by atoms with Crippen molar-refractivity contribution in [2.24, 2.45) is 0 Å². The Bertz CT molecular complexity index is 949. The second-order valence-corrected chi connectivity index (χ2v) is 7.96. The summed E-state index contributed by atoms with van der Waals surface area (Å²) in [5.41, 5.74) is 2.71. The maximum absolute atomic E-state index is 9.39. The van der Waals surface area contributed by atoms with Crippen molar-refractivity contribution in [3.63, 3.8) is 0 Å². The molecule has 0 saturated heterocycles. The van der Waals surface area contributed by atoms with Crippen LogP contribution >= 0.6 is 0 Å². The molecule has 1 unspecified atom stereocenters. The number of tetrazole rings is 1. The van der Waals surface area contributed by atoms with E-state index in [4.69, 9.17) is 0 Å². The molecule has 0 amide bonds. The molecule has 0 spiro atoms. The average molecular weight is 376 g/mol. The molecule has 0 radical (unpaired) electrons. The Balaban J connectivity index is 2.11. The molecule has 0 bridgehead atoms. The first-order valence-corrected chi connectivity index (χ1v) is 9.61. The van der Waals surface area contributed by atoms with Crippen LogP contribution in [0.4, 0.5) is 0 Å². The fourth-order valence-electron chi connectivity index (χ4n) is 3.50. The van der Waals surface area contributed by atoms with Gasteiger partial charge >= 0.3 is 0 Å². The molecule has 0 aliphatic rings. The molecule has 3 aromatic rings. The van der Waals surface area contributed by atoms with E-state index in [0.29, 0.717) is 5.56 Å². The average Bonchev–Trinajstić information content (AvgIpc) is 3.18. The summed E-state index contributed by atoms with van der Waals surface area (Å²) in [6.45, 7) is 10.2. The molecule has 144 valence electrons. The third-order valence-electron chi connectivity index (χ3n) is 4.87. The van der Waals surface area contributed by atoms with E-state index in [-0.39, 0.29) is 11.6 Å². The lowest BCUT2D eigenvalue weighted by Gasteiger charge is -2.30. The van der Waals surface area contributed by atoms with Crippen molar-refractivity contribution in [1.82, 2.24) is 20.2 Å². The van der Waals surface area contributed by atoms with Crippen LogP contribution in [0.1, 0.15) is 56.3 Å². The van der Waals surface area contributed by atoms with Gasteiger partial charge in [-0.05, 0) is 50.3 Å². The fourth-order valence-corrected chi connectivity index (χ4v) is 3.50. The van der Waals surface area contributed by atoms with Gasteiger partial charge in [-0.15, -0.1) is 5.10 Å². The predicted octanol–water partition coefficient (Wildman–Crippen LogP) is 2.49. The van der Waals surface area contributed by atoms with Crippen LogP contribution in [-0.2, 0) is 12.1 Å². The molecule has 1 N–H and O–H groups in total. The van der Waals surface area contributed by atoms with E-state index in [9.17, 15) is 5.26 Å². The van der Waals surface area contributed by atoms with Gasteiger partial charge in [-0.3, -0.25) is 0 Å². The quantitative estimate of drug-likeness (QED) is 0.718. The highest BCUT2D eigenvalue weighted by Gasteiger charge is 2.34. The van der Waals surface area contributed by atoms with Crippen molar-refractivity contribution in [3.8, 4) is 6.07 Å². The van der Waals surface area contributed by atoms with E-state index >= 15 is 0 Å². The number of aromatic nitrogens is 4. The van der Waals surface area contributed by atoms with E-state index in [1.54, 1.807) is 0 Å². The SMILES string of the molecule is CC[NH+](Cc1ccccc1)[C@@H](c1cccc(C#N)c1)c1nnnn1C(C)(C)C. The highest BCUT2D eigenvalue weighted by atomic mass is 15.6. The van der Waals surface area contributed by atoms with Crippen LogP contribution in [0.5, 0.6) is 0 Å². The molecule has 28 heavy (non-hydrogen) atoms. The zero-order chi connectivity index (χ0) is 20.1. The van der Waals surface area contributed by atoms with Crippen molar-refractivity contribution >= 4 is 0 Å². The number of benzene rings is 2. The Morgan fingerprint density at radius 2 is 1.86 bits per heavy atom. The summed E-state index contributed by atoms with van der Waals surface area (Å²) in [6.07, 6.45) is 0. The zero-order valence-electron chi connectivity index (χ0n) is 16.9. The van der Waals surface area contributed by atoms with Gasteiger partial charge < -0.3 is 4.90 Å². The highest BCUT2D eigenvalue weighted by Crippen LogP contribution is 2.23. The maximum atomic E-state index is 9.39. The summed E-state index contributed by atoms with van der Waals surface area (Å²) in [5, 5.41) is 22.1. The first-order valence-electron chi connectivity index (χ1n) is 9.61. The number of hydrogen-bond acceptors (Lipinski definition) is 4. The molecule has 3 rings (SSSR count). The van der Waals surface area contributed by atoms with Crippen LogP contribution in [0.15, 0.2) is 54.6 Å². The van der Waals surface area contributed by atoms with Crippen LogP contribution in [0.2, 0.25) is 0 Å². The molecule has 6 heteroatoms. The van der Waals surface area contributed by atoms with Gasteiger partial charge in [0.25, 0.3) is 0 Å². The van der Waals surface area contributed by atoms with E-state index in [1.807, 2.05) is 28.9 Å². The van der Waals surface area contributed by atoms with Crippen molar-refractivity contribution in [3.05, 3.63) is 77.1 Å². The van der Waals surface area contributed by atoms with Crippen molar-refractivity contribution in [2.75, 3.05) is 6.54 Å². The van der Waals surface area contributed by atoms with Gasteiger partial charge in [0, 0.05) is 11.1 Å². The minimum absolute atomic E-state index is 0.0762.